The Morgan fingerprint density at radius 3 is 2.63 bits per heavy atom. The van der Waals surface area contributed by atoms with E-state index in [0.717, 1.165) is 26.0 Å². The molecule has 0 spiro atoms. The Morgan fingerprint density at radius 2 is 1.96 bits per heavy atom. The van der Waals surface area contributed by atoms with Gasteiger partial charge in [-0.3, -0.25) is 4.79 Å². The zero-order valence-electron chi connectivity index (χ0n) is 14.5. The molecule has 4 nitrogen and oxygen atoms in total. The second kappa shape index (κ2) is 6.94. The van der Waals surface area contributed by atoms with Gasteiger partial charge in [0.05, 0.1) is 5.69 Å². The molecule has 2 N–H and O–H groups in total. The maximum Gasteiger partial charge on any atom is 0.346 e. The van der Waals surface area contributed by atoms with Crippen LogP contribution in [0.1, 0.15) is 38.0 Å². The van der Waals surface area contributed by atoms with E-state index >= 15 is 0 Å². The number of hydrogen-bond acceptors (Lipinski definition) is 3. The number of aryl methyl sites for hydroxylation is 1. The van der Waals surface area contributed by atoms with Crippen LogP contribution >= 0.6 is 27.3 Å². The lowest BCUT2D eigenvalue weighted by Gasteiger charge is -2.24. The monoisotopic (exact) mass is 441 g/mol. The molecule has 0 bridgehead atoms. The Labute approximate surface area is 169 Å². The molecule has 1 aromatic heterocycles. The number of halogens is 1. The van der Waals surface area contributed by atoms with Crippen LogP contribution in [-0.2, 0) is 4.79 Å². The van der Waals surface area contributed by atoms with E-state index in [2.05, 4.69) is 21.2 Å². The number of carbonyl (C=O) groups is 2. The molecule has 0 saturated heterocycles. The second-order valence-corrected chi connectivity index (χ2v) is 8.54. The highest BCUT2D eigenvalue weighted by molar-refractivity contribution is 9.10. The van der Waals surface area contributed by atoms with Crippen LogP contribution in [0.25, 0.3) is 11.1 Å². The molecule has 1 amide bonds. The first-order chi connectivity index (χ1) is 12.9. The highest BCUT2D eigenvalue weighted by Gasteiger charge is 2.34. The number of thiophene rings is 1. The Morgan fingerprint density at radius 1 is 1.22 bits per heavy atom. The third kappa shape index (κ3) is 3.31. The van der Waals surface area contributed by atoms with Gasteiger partial charge in [0, 0.05) is 27.3 Å². The summed E-state index contributed by atoms with van der Waals surface area (Å²) in [5.74, 6) is -1.24. The molecule has 1 unspecified atom stereocenters. The van der Waals surface area contributed by atoms with Gasteiger partial charge in [0.25, 0.3) is 0 Å². The van der Waals surface area contributed by atoms with Crippen molar-refractivity contribution in [2.45, 2.75) is 19.3 Å². The van der Waals surface area contributed by atoms with Crippen LogP contribution in [0.2, 0.25) is 0 Å². The fourth-order valence-electron chi connectivity index (χ4n) is 3.43. The van der Waals surface area contributed by atoms with Crippen molar-refractivity contribution in [1.29, 1.82) is 0 Å². The molecule has 0 saturated carbocycles. The molecule has 4 rings (SSSR count). The number of aromatic carboxylic acids is 1. The number of benzene rings is 2. The van der Waals surface area contributed by atoms with Gasteiger partial charge in [-0.05, 0) is 30.2 Å². The summed E-state index contributed by atoms with van der Waals surface area (Å²) in [6.45, 7) is 1.98. The first-order valence-corrected chi connectivity index (χ1v) is 10.1. The highest BCUT2D eigenvalue weighted by atomic mass is 79.9. The molecule has 136 valence electrons. The van der Waals surface area contributed by atoms with Gasteiger partial charge in [-0.1, -0.05) is 57.9 Å². The minimum atomic E-state index is -0.979. The van der Waals surface area contributed by atoms with Gasteiger partial charge in [0.1, 0.15) is 4.88 Å². The van der Waals surface area contributed by atoms with Crippen LogP contribution in [0.15, 0.2) is 53.0 Å². The quantitative estimate of drug-likeness (QED) is 0.550. The lowest BCUT2D eigenvalue weighted by Crippen LogP contribution is -2.22. The van der Waals surface area contributed by atoms with Gasteiger partial charge in [0.15, 0.2) is 0 Å². The number of hydrogen-bond donors (Lipinski definition) is 2. The molecular formula is C21H16BrNO3S. The Hall–Kier alpha value is -2.44. The predicted octanol–water partition coefficient (Wildman–Crippen LogP) is 5.66. The van der Waals surface area contributed by atoms with E-state index in [1.54, 1.807) is 0 Å². The lowest BCUT2D eigenvalue weighted by atomic mass is 9.88. The molecule has 6 heteroatoms. The number of fused-ring (bicyclic) bond motifs is 1. The van der Waals surface area contributed by atoms with Crippen molar-refractivity contribution in [1.82, 2.24) is 0 Å². The Kier molecular flexibility index (Phi) is 4.61. The fraction of sp³-hybridized carbons (Fsp3) is 0.143. The van der Waals surface area contributed by atoms with Gasteiger partial charge in [-0.2, -0.15) is 0 Å². The summed E-state index contributed by atoms with van der Waals surface area (Å²) in [6, 6.07) is 15.5. The van der Waals surface area contributed by atoms with E-state index in [0.29, 0.717) is 17.7 Å². The summed E-state index contributed by atoms with van der Waals surface area (Å²) in [5, 5.41) is 12.7. The summed E-state index contributed by atoms with van der Waals surface area (Å²) in [6.07, 6.45) is 0.302. The van der Waals surface area contributed by atoms with E-state index in [1.807, 2.05) is 55.5 Å². The molecule has 3 aromatic rings. The van der Waals surface area contributed by atoms with Crippen molar-refractivity contribution < 1.29 is 14.7 Å². The van der Waals surface area contributed by atoms with Crippen LogP contribution in [0.3, 0.4) is 0 Å². The summed E-state index contributed by atoms with van der Waals surface area (Å²) in [7, 11) is 0. The van der Waals surface area contributed by atoms with Crippen molar-refractivity contribution in [3.63, 3.8) is 0 Å². The van der Waals surface area contributed by atoms with Crippen LogP contribution in [-0.4, -0.2) is 17.0 Å². The molecule has 0 radical (unpaired) electrons. The van der Waals surface area contributed by atoms with Crippen LogP contribution in [0, 0.1) is 6.92 Å². The molecule has 2 heterocycles. The topological polar surface area (TPSA) is 66.4 Å². The van der Waals surface area contributed by atoms with Gasteiger partial charge in [-0.25, -0.2) is 4.79 Å². The summed E-state index contributed by atoms with van der Waals surface area (Å²) in [5.41, 5.74) is 4.11. The lowest BCUT2D eigenvalue weighted by molar-refractivity contribution is -0.116. The van der Waals surface area contributed by atoms with E-state index < -0.39 is 5.97 Å². The molecule has 1 aliphatic heterocycles. The third-order valence-corrected chi connectivity index (χ3v) is 6.48. The average Bonchev–Trinajstić information content (AvgIpc) is 3.01. The minimum absolute atomic E-state index is 0.101. The van der Waals surface area contributed by atoms with Crippen molar-refractivity contribution in [2.24, 2.45) is 0 Å². The zero-order chi connectivity index (χ0) is 19.1. The number of carbonyl (C=O) groups excluding carboxylic acids is 1. The normalized spacial score (nSPS) is 15.9. The maximum atomic E-state index is 12.4. The highest BCUT2D eigenvalue weighted by Crippen LogP contribution is 2.49. The third-order valence-electron chi connectivity index (χ3n) is 4.69. The summed E-state index contributed by atoms with van der Waals surface area (Å²) in [4.78, 5) is 25.5. The van der Waals surface area contributed by atoms with Crippen molar-refractivity contribution >= 4 is 44.8 Å². The molecule has 27 heavy (non-hydrogen) atoms. The van der Waals surface area contributed by atoms with Crippen LogP contribution in [0.5, 0.6) is 0 Å². The van der Waals surface area contributed by atoms with E-state index in [-0.39, 0.29) is 16.7 Å². The van der Waals surface area contributed by atoms with E-state index in [9.17, 15) is 14.7 Å². The van der Waals surface area contributed by atoms with Gasteiger partial charge in [-0.15, -0.1) is 11.3 Å². The first-order valence-electron chi connectivity index (χ1n) is 8.46. The molecule has 1 atom stereocenters. The second-order valence-electron chi connectivity index (χ2n) is 6.58. The Balaban J connectivity index is 1.94. The maximum absolute atomic E-state index is 12.4. The molecular weight excluding hydrogens is 426 g/mol. The number of anilines is 1. The average molecular weight is 442 g/mol. The van der Waals surface area contributed by atoms with Gasteiger partial charge in [0.2, 0.25) is 5.91 Å². The van der Waals surface area contributed by atoms with Crippen LogP contribution in [0.4, 0.5) is 5.69 Å². The predicted molar refractivity (Wildman–Crippen MR) is 111 cm³/mol. The van der Waals surface area contributed by atoms with E-state index in [1.165, 1.54) is 11.3 Å². The largest absolute Gasteiger partial charge is 0.477 e. The van der Waals surface area contributed by atoms with Gasteiger partial charge < -0.3 is 10.4 Å². The Bertz CT molecular complexity index is 1060. The number of carboxylic acid groups (broad SMARTS) is 1. The summed E-state index contributed by atoms with van der Waals surface area (Å²) >= 11 is 4.73. The minimum Gasteiger partial charge on any atom is -0.477 e. The SMILES string of the molecule is Cc1ccc(-c2c(C(=O)O)sc3c2NC(=O)CC3c2cccc(Br)c2)cc1. The molecule has 1 aliphatic rings. The molecule has 2 aromatic carbocycles. The number of amides is 1. The van der Waals surface area contributed by atoms with E-state index in [4.69, 9.17) is 0 Å². The first kappa shape index (κ1) is 17.9. The smallest absolute Gasteiger partial charge is 0.346 e. The summed E-state index contributed by atoms with van der Waals surface area (Å²) < 4.78 is 0.932. The zero-order valence-corrected chi connectivity index (χ0v) is 16.9. The standard InChI is InChI=1S/C21H16BrNO3S/c1-11-5-7-12(8-6-11)17-18-19(27-20(17)21(25)26)15(10-16(24)23-18)13-3-2-4-14(22)9-13/h2-9,15H,10H2,1H3,(H,23,24)(H,25,26). The van der Waals surface area contributed by atoms with Crippen LogP contribution < -0.4 is 5.32 Å². The number of rotatable bonds is 3. The fourth-order valence-corrected chi connectivity index (χ4v) is 5.09. The number of nitrogens with one attached hydrogen (secondary N) is 1. The number of carboxylic acids is 1. The molecule has 0 fully saturated rings. The van der Waals surface area contributed by atoms with Crippen molar-refractivity contribution in [3.05, 3.63) is 73.9 Å². The van der Waals surface area contributed by atoms with Gasteiger partial charge >= 0.3 is 5.97 Å². The molecule has 0 aliphatic carbocycles. The van der Waals surface area contributed by atoms with Crippen molar-refractivity contribution in [3.8, 4) is 11.1 Å². The van der Waals surface area contributed by atoms with Crippen molar-refractivity contribution in [2.75, 3.05) is 5.32 Å².